The van der Waals surface area contributed by atoms with E-state index < -0.39 is 0 Å². The van der Waals surface area contributed by atoms with Crippen molar-refractivity contribution in [1.29, 1.82) is 5.26 Å². The maximum atomic E-state index is 9.71. The van der Waals surface area contributed by atoms with Crippen LogP contribution in [0.1, 0.15) is 11.1 Å². The van der Waals surface area contributed by atoms with Crippen LogP contribution in [0.5, 0.6) is 0 Å². The number of nitrogens with zero attached hydrogens (tertiary/aromatic N) is 1. The van der Waals surface area contributed by atoms with Crippen molar-refractivity contribution in [1.82, 2.24) is 0 Å². The summed E-state index contributed by atoms with van der Waals surface area (Å²) in [6.07, 6.45) is 0. The molecule has 0 N–H and O–H groups in total. The number of thioether (sulfide) groups is 4. The van der Waals surface area contributed by atoms with Gasteiger partial charge in [-0.1, -0.05) is 101 Å². The Balaban J connectivity index is 1.38. The zero-order valence-electron chi connectivity index (χ0n) is 15.6. The van der Waals surface area contributed by atoms with E-state index >= 15 is 0 Å². The standard InChI is InChI=1S/C25H13NS4/c26-15-23-21-5-3-1-2-4-19(21)14-22(23)18-9-6-17(7-10-18)8-11-20-16-29-25(30-20)24-27-12-13-28-24/h1-7,9-10,12-14,16H. The number of hydrogen-bond donors (Lipinski definition) is 0. The van der Waals surface area contributed by atoms with E-state index in [9.17, 15) is 5.26 Å². The molecule has 0 fully saturated rings. The number of benzene rings is 1. The van der Waals surface area contributed by atoms with Crippen molar-refractivity contribution in [2.45, 2.75) is 0 Å². The Morgan fingerprint density at radius 2 is 1.50 bits per heavy atom. The lowest BCUT2D eigenvalue weighted by Crippen LogP contribution is -1.81. The van der Waals surface area contributed by atoms with Crippen LogP contribution >= 0.6 is 47.0 Å². The van der Waals surface area contributed by atoms with Crippen molar-refractivity contribution in [3.8, 4) is 40.2 Å². The van der Waals surface area contributed by atoms with Gasteiger partial charge in [0.1, 0.15) is 6.07 Å². The fourth-order valence-electron chi connectivity index (χ4n) is 3.21. The van der Waals surface area contributed by atoms with Crippen LogP contribution in [0.25, 0.3) is 22.3 Å². The van der Waals surface area contributed by atoms with Crippen molar-refractivity contribution in [2.75, 3.05) is 0 Å². The number of hydrogen-bond acceptors (Lipinski definition) is 5. The second-order valence-electron chi connectivity index (χ2n) is 6.44. The number of allylic oxidation sites excluding steroid dienone is 1. The first-order valence-electron chi connectivity index (χ1n) is 9.13. The van der Waals surface area contributed by atoms with E-state index in [0.29, 0.717) is 0 Å². The largest absolute Gasteiger partial charge is 0.192 e. The van der Waals surface area contributed by atoms with E-state index in [0.717, 1.165) is 38.3 Å². The highest BCUT2D eigenvalue weighted by Gasteiger charge is 2.18. The highest BCUT2D eigenvalue weighted by atomic mass is 32.2. The van der Waals surface area contributed by atoms with E-state index in [-0.39, 0.29) is 0 Å². The summed E-state index contributed by atoms with van der Waals surface area (Å²) in [4.78, 5) is 1.08. The third-order valence-electron chi connectivity index (χ3n) is 4.60. The Morgan fingerprint density at radius 3 is 2.30 bits per heavy atom. The smallest absolute Gasteiger partial charge is 0.100 e. The van der Waals surface area contributed by atoms with Gasteiger partial charge in [0.2, 0.25) is 0 Å². The van der Waals surface area contributed by atoms with Crippen LogP contribution in [0.3, 0.4) is 0 Å². The predicted octanol–water partition coefficient (Wildman–Crippen LogP) is 8.08. The molecular weight excluding hydrogens is 443 g/mol. The van der Waals surface area contributed by atoms with Crippen molar-refractivity contribution in [3.63, 3.8) is 0 Å². The summed E-state index contributed by atoms with van der Waals surface area (Å²) in [5.74, 6) is 6.55. The van der Waals surface area contributed by atoms with Gasteiger partial charge in [-0.15, -0.1) is 0 Å². The molecule has 1 nitrogen and oxygen atoms in total. The lowest BCUT2D eigenvalue weighted by Gasteiger charge is -2.00. The van der Waals surface area contributed by atoms with Crippen molar-refractivity contribution in [2.24, 2.45) is 0 Å². The number of fused-ring (bicyclic) bond motifs is 1. The molecule has 2 aliphatic heterocycles. The predicted molar refractivity (Wildman–Crippen MR) is 135 cm³/mol. The van der Waals surface area contributed by atoms with Gasteiger partial charge in [-0.05, 0) is 45.6 Å². The van der Waals surface area contributed by atoms with Gasteiger partial charge >= 0.3 is 0 Å². The molecule has 2 heterocycles. The van der Waals surface area contributed by atoms with Gasteiger partial charge in [-0.2, -0.15) is 5.26 Å². The third kappa shape index (κ3) is 3.95. The Labute approximate surface area is 193 Å². The second-order valence-corrected chi connectivity index (χ2v) is 10.7. The molecule has 2 aliphatic carbocycles. The summed E-state index contributed by atoms with van der Waals surface area (Å²) in [7, 11) is 0. The first-order valence-corrected chi connectivity index (χ1v) is 12.6. The van der Waals surface area contributed by atoms with E-state index in [2.05, 4.69) is 52.3 Å². The minimum Gasteiger partial charge on any atom is -0.192 e. The Bertz CT molecular complexity index is 1290. The summed E-state index contributed by atoms with van der Waals surface area (Å²) >= 11 is 7.05. The molecule has 142 valence electrons. The van der Waals surface area contributed by atoms with Crippen molar-refractivity contribution < 1.29 is 0 Å². The topological polar surface area (TPSA) is 23.8 Å². The van der Waals surface area contributed by atoms with E-state index in [1.54, 1.807) is 47.0 Å². The average molecular weight is 456 g/mol. The van der Waals surface area contributed by atoms with Crippen LogP contribution in [0.15, 0.2) is 90.3 Å². The zero-order valence-corrected chi connectivity index (χ0v) is 18.9. The Hall–Kier alpha value is -2.41. The summed E-state index contributed by atoms with van der Waals surface area (Å²) in [6, 6.07) is 22.6. The highest BCUT2D eigenvalue weighted by Crippen LogP contribution is 2.52. The molecule has 5 heteroatoms. The highest BCUT2D eigenvalue weighted by molar-refractivity contribution is 8.33. The maximum Gasteiger partial charge on any atom is 0.100 e. The third-order valence-corrected chi connectivity index (χ3v) is 9.53. The molecule has 5 rings (SSSR count). The molecule has 1 aromatic carbocycles. The van der Waals surface area contributed by atoms with Crippen LogP contribution in [0.2, 0.25) is 0 Å². The average Bonchev–Trinajstić information content (AvgIpc) is 3.50. The molecule has 0 aromatic heterocycles. The van der Waals surface area contributed by atoms with Gasteiger partial charge in [-0.25, -0.2) is 0 Å². The van der Waals surface area contributed by atoms with Crippen molar-refractivity contribution in [3.05, 3.63) is 101 Å². The molecule has 0 unspecified atom stereocenters. The van der Waals surface area contributed by atoms with E-state index in [1.807, 2.05) is 42.5 Å². The summed E-state index contributed by atoms with van der Waals surface area (Å²) < 4.78 is 2.65. The molecule has 0 bridgehead atoms. The summed E-state index contributed by atoms with van der Waals surface area (Å²) in [5.41, 5.74) is 5.77. The fraction of sp³-hybridized carbons (Fsp3) is 0. The van der Waals surface area contributed by atoms with E-state index in [4.69, 9.17) is 0 Å². The first-order chi connectivity index (χ1) is 14.8. The molecule has 4 aliphatic rings. The molecule has 30 heavy (non-hydrogen) atoms. The van der Waals surface area contributed by atoms with Gasteiger partial charge < -0.3 is 0 Å². The van der Waals surface area contributed by atoms with Gasteiger partial charge in [0.15, 0.2) is 0 Å². The molecule has 0 amide bonds. The number of nitriles is 1. The first kappa shape index (κ1) is 19.5. The monoisotopic (exact) mass is 455 g/mol. The second kappa shape index (κ2) is 8.76. The molecule has 0 spiro atoms. The molecule has 0 radical (unpaired) electrons. The quantitative estimate of drug-likeness (QED) is 0.345. The van der Waals surface area contributed by atoms with Gasteiger partial charge in [0.05, 0.1) is 18.9 Å². The SMILES string of the molecule is N#Cc1c2cccccc-2cc1-c1ccc(C#CC2=CSC(=C3SC=CS3)S2)cc1. The van der Waals surface area contributed by atoms with Gasteiger partial charge in [-0.3, -0.25) is 0 Å². The normalized spacial score (nSPS) is 15.1. The molecule has 0 saturated carbocycles. The van der Waals surface area contributed by atoms with Crippen LogP contribution in [-0.2, 0) is 0 Å². The van der Waals surface area contributed by atoms with Crippen LogP contribution in [-0.4, -0.2) is 0 Å². The molecular formula is C25H13NS4. The minimum absolute atomic E-state index is 0.724. The molecule has 0 atom stereocenters. The lowest BCUT2D eigenvalue weighted by molar-refractivity contribution is 1.50. The zero-order chi connectivity index (χ0) is 20.3. The van der Waals surface area contributed by atoms with Crippen molar-refractivity contribution >= 4 is 47.0 Å². The fourth-order valence-corrected chi connectivity index (χ4v) is 7.46. The van der Waals surface area contributed by atoms with E-state index in [1.165, 1.54) is 8.47 Å². The summed E-state index contributed by atoms with van der Waals surface area (Å²) in [5, 5.41) is 16.1. The minimum atomic E-state index is 0.724. The Morgan fingerprint density at radius 1 is 0.700 bits per heavy atom. The Kier molecular flexibility index (Phi) is 5.71. The lowest BCUT2D eigenvalue weighted by atomic mass is 10.0. The van der Waals surface area contributed by atoms with Gasteiger partial charge in [0, 0.05) is 16.7 Å². The van der Waals surface area contributed by atoms with Gasteiger partial charge in [0.25, 0.3) is 0 Å². The molecule has 1 aromatic rings. The van der Waals surface area contributed by atoms with Crippen LogP contribution in [0.4, 0.5) is 0 Å². The van der Waals surface area contributed by atoms with Crippen LogP contribution in [0, 0.1) is 23.2 Å². The number of rotatable bonds is 1. The maximum absolute atomic E-state index is 9.71. The van der Waals surface area contributed by atoms with Crippen LogP contribution < -0.4 is 0 Å². The summed E-state index contributed by atoms with van der Waals surface area (Å²) in [6.45, 7) is 0. The molecule has 0 saturated heterocycles.